The molecule has 0 radical (unpaired) electrons. The molecular weight excluding hydrogens is 192 g/mol. The fraction of sp³-hybridized carbons (Fsp3) is 0.818. The van der Waals surface area contributed by atoms with Gasteiger partial charge in [0.05, 0.1) is 0 Å². The van der Waals surface area contributed by atoms with Crippen molar-refractivity contribution in [3.8, 4) is 0 Å². The Labute approximate surface area is 91.8 Å². The largest absolute Gasteiger partial charge is 0.356 e. The van der Waals surface area contributed by atoms with Crippen molar-refractivity contribution in [3.63, 3.8) is 0 Å². The lowest BCUT2D eigenvalue weighted by atomic mass is 10.0. The number of carbonyl (C=O) groups excluding carboxylic acids is 2. The van der Waals surface area contributed by atoms with Crippen molar-refractivity contribution in [2.45, 2.75) is 40.0 Å². The van der Waals surface area contributed by atoms with Crippen molar-refractivity contribution < 1.29 is 9.59 Å². The van der Waals surface area contributed by atoms with Gasteiger partial charge < -0.3 is 10.6 Å². The van der Waals surface area contributed by atoms with E-state index in [9.17, 15) is 9.59 Å². The third kappa shape index (κ3) is 7.97. The quantitative estimate of drug-likeness (QED) is 0.666. The van der Waals surface area contributed by atoms with Crippen LogP contribution in [0.15, 0.2) is 0 Å². The predicted molar refractivity (Wildman–Crippen MR) is 60.4 cm³/mol. The van der Waals surface area contributed by atoms with E-state index in [1.54, 1.807) is 0 Å². The van der Waals surface area contributed by atoms with Gasteiger partial charge in [-0.1, -0.05) is 26.7 Å². The van der Waals surface area contributed by atoms with Gasteiger partial charge in [-0.05, 0) is 5.92 Å². The van der Waals surface area contributed by atoms with E-state index < -0.39 is 0 Å². The topological polar surface area (TPSA) is 58.2 Å². The Morgan fingerprint density at radius 3 is 2.20 bits per heavy atom. The van der Waals surface area contributed by atoms with Gasteiger partial charge in [-0.25, -0.2) is 0 Å². The number of rotatable bonds is 7. The molecule has 4 nitrogen and oxygen atoms in total. The lowest BCUT2D eigenvalue weighted by Gasteiger charge is -2.13. The van der Waals surface area contributed by atoms with Crippen LogP contribution in [0.3, 0.4) is 0 Å². The van der Waals surface area contributed by atoms with E-state index in [1.165, 1.54) is 6.92 Å². The van der Waals surface area contributed by atoms with Gasteiger partial charge in [0.1, 0.15) is 0 Å². The second-order valence-corrected chi connectivity index (χ2v) is 3.72. The van der Waals surface area contributed by atoms with Gasteiger partial charge in [0.2, 0.25) is 11.8 Å². The maximum atomic E-state index is 11.3. The molecule has 0 atom stereocenters. The van der Waals surface area contributed by atoms with Gasteiger partial charge in [-0.2, -0.15) is 0 Å². The Hall–Kier alpha value is -1.06. The SMILES string of the molecule is CCC(CC)CNC(=O)CCNC(C)=O. The van der Waals surface area contributed by atoms with Gasteiger partial charge in [-0.15, -0.1) is 0 Å². The first-order chi connectivity index (χ1) is 7.10. The number of nitrogens with one attached hydrogen (secondary N) is 2. The summed E-state index contributed by atoms with van der Waals surface area (Å²) in [6.45, 7) is 6.85. The second-order valence-electron chi connectivity index (χ2n) is 3.72. The third-order valence-electron chi connectivity index (χ3n) is 2.47. The summed E-state index contributed by atoms with van der Waals surface area (Å²) in [4.78, 5) is 21.8. The molecule has 0 spiro atoms. The molecular formula is C11H22N2O2. The van der Waals surface area contributed by atoms with Crippen molar-refractivity contribution in [1.29, 1.82) is 0 Å². The van der Waals surface area contributed by atoms with Crippen LogP contribution in [-0.4, -0.2) is 24.9 Å². The fourth-order valence-electron chi connectivity index (χ4n) is 1.28. The normalized spacial score (nSPS) is 10.1. The molecule has 0 aliphatic carbocycles. The highest BCUT2D eigenvalue weighted by atomic mass is 16.2. The van der Waals surface area contributed by atoms with Gasteiger partial charge in [0.15, 0.2) is 0 Å². The molecule has 0 aliphatic heterocycles. The second kappa shape index (κ2) is 8.26. The Morgan fingerprint density at radius 1 is 1.13 bits per heavy atom. The zero-order chi connectivity index (χ0) is 11.7. The molecule has 4 heteroatoms. The molecule has 0 bridgehead atoms. The summed E-state index contributed by atoms with van der Waals surface area (Å²) in [5, 5.41) is 5.46. The van der Waals surface area contributed by atoms with E-state index in [-0.39, 0.29) is 11.8 Å². The van der Waals surface area contributed by atoms with E-state index in [4.69, 9.17) is 0 Å². The summed E-state index contributed by atoms with van der Waals surface area (Å²) in [5.74, 6) is 0.480. The molecule has 0 aromatic carbocycles. The average Bonchev–Trinajstić information content (AvgIpc) is 2.18. The summed E-state index contributed by atoms with van der Waals surface area (Å²) in [6.07, 6.45) is 2.53. The Kier molecular flexibility index (Phi) is 7.68. The lowest BCUT2D eigenvalue weighted by molar-refractivity contribution is -0.121. The smallest absolute Gasteiger partial charge is 0.221 e. The molecule has 0 aromatic heterocycles. The van der Waals surface area contributed by atoms with Crippen LogP contribution in [0.4, 0.5) is 0 Å². The van der Waals surface area contributed by atoms with Crippen LogP contribution in [0, 0.1) is 5.92 Å². The minimum absolute atomic E-state index is 0.00986. The molecule has 0 saturated heterocycles. The first kappa shape index (κ1) is 13.9. The number of carbonyl (C=O) groups is 2. The maximum Gasteiger partial charge on any atom is 0.221 e. The first-order valence-electron chi connectivity index (χ1n) is 5.61. The Balaban J connectivity index is 3.52. The van der Waals surface area contributed by atoms with Crippen molar-refractivity contribution in [2.75, 3.05) is 13.1 Å². The van der Waals surface area contributed by atoms with Crippen LogP contribution in [0.1, 0.15) is 40.0 Å². The third-order valence-corrected chi connectivity index (χ3v) is 2.47. The summed E-state index contributed by atoms with van der Waals surface area (Å²) in [7, 11) is 0. The van der Waals surface area contributed by atoms with E-state index in [1.807, 2.05) is 0 Å². The molecule has 0 aromatic rings. The molecule has 0 rings (SSSR count). The summed E-state index contributed by atoms with van der Waals surface area (Å²) in [6, 6.07) is 0. The van der Waals surface area contributed by atoms with E-state index >= 15 is 0 Å². The standard InChI is InChI=1S/C11H22N2O2/c1-4-10(5-2)8-13-11(15)6-7-12-9(3)14/h10H,4-8H2,1-3H3,(H,12,14)(H,13,15). The molecule has 0 heterocycles. The minimum atomic E-state index is -0.0946. The molecule has 0 unspecified atom stereocenters. The maximum absolute atomic E-state index is 11.3. The van der Waals surface area contributed by atoms with E-state index in [0.717, 1.165) is 19.4 Å². The van der Waals surface area contributed by atoms with Crippen LogP contribution in [-0.2, 0) is 9.59 Å². The summed E-state index contributed by atoms with van der Waals surface area (Å²) in [5.41, 5.74) is 0. The molecule has 2 amide bonds. The Morgan fingerprint density at radius 2 is 1.73 bits per heavy atom. The van der Waals surface area contributed by atoms with Crippen LogP contribution in [0.2, 0.25) is 0 Å². The van der Waals surface area contributed by atoms with E-state index in [2.05, 4.69) is 24.5 Å². The van der Waals surface area contributed by atoms with Crippen LogP contribution >= 0.6 is 0 Å². The zero-order valence-electron chi connectivity index (χ0n) is 9.93. The minimum Gasteiger partial charge on any atom is -0.356 e. The lowest BCUT2D eigenvalue weighted by Crippen LogP contribution is -2.32. The highest BCUT2D eigenvalue weighted by Crippen LogP contribution is 2.04. The molecule has 0 aliphatic rings. The molecule has 0 fully saturated rings. The van der Waals surface area contributed by atoms with Crippen molar-refractivity contribution in [3.05, 3.63) is 0 Å². The number of hydrogen-bond acceptors (Lipinski definition) is 2. The summed E-state index contributed by atoms with van der Waals surface area (Å²) < 4.78 is 0. The zero-order valence-corrected chi connectivity index (χ0v) is 9.93. The Bertz CT molecular complexity index is 201. The monoisotopic (exact) mass is 214 g/mol. The van der Waals surface area contributed by atoms with Gasteiger partial charge in [-0.3, -0.25) is 9.59 Å². The molecule has 0 saturated carbocycles. The summed E-state index contributed by atoms with van der Waals surface area (Å²) >= 11 is 0. The van der Waals surface area contributed by atoms with E-state index in [0.29, 0.717) is 18.9 Å². The van der Waals surface area contributed by atoms with Crippen molar-refractivity contribution in [2.24, 2.45) is 5.92 Å². The number of amides is 2. The van der Waals surface area contributed by atoms with Gasteiger partial charge >= 0.3 is 0 Å². The molecule has 15 heavy (non-hydrogen) atoms. The highest BCUT2D eigenvalue weighted by Gasteiger charge is 2.06. The van der Waals surface area contributed by atoms with Crippen molar-refractivity contribution in [1.82, 2.24) is 10.6 Å². The first-order valence-corrected chi connectivity index (χ1v) is 5.61. The number of hydrogen-bond donors (Lipinski definition) is 2. The predicted octanol–water partition coefficient (Wildman–Crippen LogP) is 1.06. The van der Waals surface area contributed by atoms with Crippen LogP contribution in [0.5, 0.6) is 0 Å². The van der Waals surface area contributed by atoms with Crippen LogP contribution < -0.4 is 10.6 Å². The highest BCUT2D eigenvalue weighted by molar-refractivity contribution is 5.77. The van der Waals surface area contributed by atoms with Crippen molar-refractivity contribution >= 4 is 11.8 Å². The van der Waals surface area contributed by atoms with Crippen LogP contribution in [0.25, 0.3) is 0 Å². The van der Waals surface area contributed by atoms with Gasteiger partial charge in [0.25, 0.3) is 0 Å². The fourth-order valence-corrected chi connectivity index (χ4v) is 1.28. The molecule has 88 valence electrons. The molecule has 2 N–H and O–H groups in total. The average molecular weight is 214 g/mol. The van der Waals surface area contributed by atoms with Gasteiger partial charge in [0, 0.05) is 26.4 Å².